The normalized spacial score (nSPS) is 12.5. The standard InChI is InChI=1S/C12H11ClINOS/c1-16-10-3-2-8(13)5-9(10)12(15)7-4-11(14)17-6-7/h2-6,12H,15H2,1H3. The van der Waals surface area contributed by atoms with E-state index in [4.69, 9.17) is 22.1 Å². The molecule has 2 N–H and O–H groups in total. The summed E-state index contributed by atoms with van der Waals surface area (Å²) in [5.41, 5.74) is 8.23. The lowest BCUT2D eigenvalue weighted by atomic mass is 10.0. The van der Waals surface area contributed by atoms with E-state index in [1.165, 1.54) is 2.88 Å². The van der Waals surface area contributed by atoms with Gasteiger partial charge in [0, 0.05) is 10.6 Å². The first-order chi connectivity index (χ1) is 8.11. The van der Waals surface area contributed by atoms with Crippen LogP contribution in [0, 0.1) is 2.88 Å². The van der Waals surface area contributed by atoms with Crippen LogP contribution in [0.25, 0.3) is 0 Å². The Kier molecular flexibility index (Phi) is 4.30. The van der Waals surface area contributed by atoms with Crippen LogP contribution in [0.15, 0.2) is 29.6 Å². The van der Waals surface area contributed by atoms with E-state index in [1.54, 1.807) is 24.5 Å². The van der Waals surface area contributed by atoms with Crippen LogP contribution in [0.3, 0.4) is 0 Å². The molecule has 5 heteroatoms. The van der Waals surface area contributed by atoms with Gasteiger partial charge in [-0.3, -0.25) is 0 Å². The average molecular weight is 380 g/mol. The highest BCUT2D eigenvalue weighted by Crippen LogP contribution is 2.32. The van der Waals surface area contributed by atoms with Crippen LogP contribution in [0.1, 0.15) is 17.2 Å². The highest BCUT2D eigenvalue weighted by Gasteiger charge is 2.15. The van der Waals surface area contributed by atoms with Gasteiger partial charge in [0.1, 0.15) is 5.75 Å². The maximum absolute atomic E-state index is 6.24. The zero-order valence-corrected chi connectivity index (χ0v) is 12.8. The first-order valence-corrected chi connectivity index (χ1v) is 7.28. The Hall–Kier alpha value is -0.300. The molecule has 0 spiro atoms. The van der Waals surface area contributed by atoms with Gasteiger partial charge in [0.25, 0.3) is 0 Å². The molecule has 0 saturated heterocycles. The lowest BCUT2D eigenvalue weighted by Gasteiger charge is -2.15. The van der Waals surface area contributed by atoms with Crippen LogP contribution in [0.5, 0.6) is 5.75 Å². The molecule has 0 fully saturated rings. The molecule has 0 bridgehead atoms. The number of thiophene rings is 1. The smallest absolute Gasteiger partial charge is 0.124 e. The first kappa shape index (κ1) is 13.1. The van der Waals surface area contributed by atoms with Crippen molar-refractivity contribution in [3.8, 4) is 5.75 Å². The van der Waals surface area contributed by atoms with Crippen molar-refractivity contribution in [2.24, 2.45) is 5.73 Å². The van der Waals surface area contributed by atoms with E-state index in [2.05, 4.69) is 34.0 Å². The SMILES string of the molecule is COc1ccc(Cl)cc1C(N)c1csc(I)c1. The molecule has 1 aromatic carbocycles. The molecule has 0 aliphatic carbocycles. The third kappa shape index (κ3) is 2.93. The summed E-state index contributed by atoms with van der Waals surface area (Å²) in [6, 6.07) is 7.37. The Morgan fingerprint density at radius 3 is 2.76 bits per heavy atom. The Morgan fingerprint density at radius 1 is 1.41 bits per heavy atom. The van der Waals surface area contributed by atoms with Gasteiger partial charge in [0.15, 0.2) is 0 Å². The molecule has 0 radical (unpaired) electrons. The summed E-state index contributed by atoms with van der Waals surface area (Å²) in [6.45, 7) is 0. The van der Waals surface area contributed by atoms with Gasteiger partial charge in [-0.05, 0) is 57.8 Å². The predicted octanol–water partition coefficient (Wildman–Crippen LogP) is 4.06. The van der Waals surface area contributed by atoms with E-state index in [0.717, 1.165) is 16.9 Å². The first-order valence-electron chi connectivity index (χ1n) is 4.94. The van der Waals surface area contributed by atoms with Gasteiger partial charge in [0.2, 0.25) is 0 Å². The van der Waals surface area contributed by atoms with Gasteiger partial charge in [-0.1, -0.05) is 11.6 Å². The zero-order valence-electron chi connectivity index (χ0n) is 9.11. The molecule has 2 aromatic rings. The summed E-state index contributed by atoms with van der Waals surface area (Å²) in [7, 11) is 1.64. The molecule has 2 rings (SSSR count). The van der Waals surface area contributed by atoms with Crippen LogP contribution < -0.4 is 10.5 Å². The van der Waals surface area contributed by atoms with E-state index in [1.807, 2.05) is 12.1 Å². The Labute approximate surface area is 123 Å². The molecule has 2 nitrogen and oxygen atoms in total. The average Bonchev–Trinajstić information content (AvgIpc) is 2.75. The van der Waals surface area contributed by atoms with Crippen molar-refractivity contribution in [2.75, 3.05) is 7.11 Å². The Bertz CT molecular complexity index is 529. The minimum absolute atomic E-state index is 0.205. The van der Waals surface area contributed by atoms with E-state index in [-0.39, 0.29) is 6.04 Å². The Morgan fingerprint density at radius 2 is 2.18 bits per heavy atom. The minimum atomic E-state index is -0.205. The van der Waals surface area contributed by atoms with Gasteiger partial charge in [-0.2, -0.15) is 0 Å². The van der Waals surface area contributed by atoms with E-state index in [9.17, 15) is 0 Å². The highest BCUT2D eigenvalue weighted by molar-refractivity contribution is 14.1. The number of ether oxygens (including phenoxy) is 1. The zero-order chi connectivity index (χ0) is 12.4. The maximum atomic E-state index is 6.24. The largest absolute Gasteiger partial charge is 0.496 e. The molecule has 0 aliphatic heterocycles. The fraction of sp³-hybridized carbons (Fsp3) is 0.167. The molecule has 1 heterocycles. The van der Waals surface area contributed by atoms with Gasteiger partial charge < -0.3 is 10.5 Å². The molecule has 90 valence electrons. The molecule has 17 heavy (non-hydrogen) atoms. The van der Waals surface area contributed by atoms with Crippen LogP contribution in [-0.2, 0) is 0 Å². The highest BCUT2D eigenvalue weighted by atomic mass is 127. The molecule has 1 unspecified atom stereocenters. The quantitative estimate of drug-likeness (QED) is 0.816. The molecule has 0 saturated carbocycles. The van der Waals surface area contributed by atoms with Crippen molar-refractivity contribution >= 4 is 45.5 Å². The van der Waals surface area contributed by atoms with Crippen molar-refractivity contribution in [1.29, 1.82) is 0 Å². The second kappa shape index (κ2) is 5.56. The summed E-state index contributed by atoms with van der Waals surface area (Å²) in [5.74, 6) is 0.767. The van der Waals surface area contributed by atoms with Crippen LogP contribution in [0.2, 0.25) is 5.02 Å². The van der Waals surface area contributed by atoms with Crippen molar-refractivity contribution in [3.63, 3.8) is 0 Å². The fourth-order valence-corrected chi connectivity index (χ4v) is 3.20. The maximum Gasteiger partial charge on any atom is 0.124 e. The molecule has 1 atom stereocenters. The second-order valence-corrected chi connectivity index (χ2v) is 6.79. The number of rotatable bonds is 3. The second-order valence-electron chi connectivity index (χ2n) is 3.55. The number of nitrogens with two attached hydrogens (primary N) is 1. The van der Waals surface area contributed by atoms with Crippen LogP contribution >= 0.6 is 45.5 Å². The third-order valence-electron chi connectivity index (χ3n) is 2.47. The number of hydrogen-bond donors (Lipinski definition) is 1. The third-order valence-corrected chi connectivity index (χ3v) is 4.52. The Balaban J connectivity index is 2.42. The summed E-state index contributed by atoms with van der Waals surface area (Å²) < 4.78 is 6.53. The molecular formula is C12H11ClINOS. The van der Waals surface area contributed by atoms with E-state index >= 15 is 0 Å². The predicted molar refractivity (Wildman–Crippen MR) is 81.1 cm³/mol. The number of halogens is 2. The summed E-state index contributed by atoms with van der Waals surface area (Å²) in [5, 5.41) is 2.73. The van der Waals surface area contributed by atoms with E-state index in [0.29, 0.717) is 5.02 Å². The van der Waals surface area contributed by atoms with Crippen molar-refractivity contribution in [2.45, 2.75) is 6.04 Å². The molecule has 1 aromatic heterocycles. The minimum Gasteiger partial charge on any atom is -0.496 e. The number of hydrogen-bond acceptors (Lipinski definition) is 3. The summed E-state index contributed by atoms with van der Waals surface area (Å²) in [4.78, 5) is 0. The molecule has 0 aliphatic rings. The van der Waals surface area contributed by atoms with Gasteiger partial charge >= 0.3 is 0 Å². The summed E-state index contributed by atoms with van der Waals surface area (Å²) >= 11 is 9.96. The van der Waals surface area contributed by atoms with E-state index < -0.39 is 0 Å². The van der Waals surface area contributed by atoms with Crippen LogP contribution in [0.4, 0.5) is 0 Å². The topological polar surface area (TPSA) is 35.2 Å². The molecule has 0 amide bonds. The van der Waals surface area contributed by atoms with Gasteiger partial charge in [0.05, 0.1) is 16.0 Å². The van der Waals surface area contributed by atoms with Crippen molar-refractivity contribution in [1.82, 2.24) is 0 Å². The van der Waals surface area contributed by atoms with Gasteiger partial charge in [-0.25, -0.2) is 0 Å². The lowest BCUT2D eigenvalue weighted by molar-refractivity contribution is 0.408. The van der Waals surface area contributed by atoms with Gasteiger partial charge in [-0.15, -0.1) is 11.3 Å². The lowest BCUT2D eigenvalue weighted by Crippen LogP contribution is -2.12. The van der Waals surface area contributed by atoms with Crippen molar-refractivity contribution in [3.05, 3.63) is 48.7 Å². The van der Waals surface area contributed by atoms with Crippen LogP contribution in [-0.4, -0.2) is 7.11 Å². The summed E-state index contributed by atoms with van der Waals surface area (Å²) in [6.07, 6.45) is 0. The number of benzene rings is 1. The number of methoxy groups -OCH3 is 1. The fourth-order valence-electron chi connectivity index (χ4n) is 1.61. The molecular weight excluding hydrogens is 369 g/mol. The van der Waals surface area contributed by atoms with Crippen molar-refractivity contribution < 1.29 is 4.74 Å². The monoisotopic (exact) mass is 379 g/mol.